The van der Waals surface area contributed by atoms with Crippen molar-refractivity contribution in [2.75, 3.05) is 19.6 Å². The van der Waals surface area contributed by atoms with Crippen LogP contribution in [0, 0.1) is 10.1 Å². The van der Waals surface area contributed by atoms with E-state index in [0.29, 0.717) is 5.56 Å². The zero-order chi connectivity index (χ0) is 20.4. The Balaban J connectivity index is 2.01. The summed E-state index contributed by atoms with van der Waals surface area (Å²) in [5.41, 5.74) is 1.47. The molecular weight excluding hydrogens is 354 g/mol. The van der Waals surface area contributed by atoms with Crippen LogP contribution in [0.15, 0.2) is 54.6 Å². The Kier molecular flexibility index (Phi) is 8.62. The topological polar surface area (TPSA) is 75.5 Å². The number of benzene rings is 2. The number of nitro groups is 1. The van der Waals surface area contributed by atoms with Gasteiger partial charge in [-0.05, 0) is 56.6 Å². The highest BCUT2D eigenvalue weighted by molar-refractivity contribution is 5.94. The number of non-ortho nitro benzene ring substituents is 1. The van der Waals surface area contributed by atoms with Crippen LogP contribution < -0.4 is 5.32 Å². The Morgan fingerprint density at radius 2 is 1.68 bits per heavy atom. The van der Waals surface area contributed by atoms with E-state index in [1.807, 2.05) is 30.3 Å². The SMILES string of the molecule is CCN(CC)CCCC[C@@H](NC(=O)c1ccc([N+](=O)[O-])cc1)c1ccccc1. The van der Waals surface area contributed by atoms with Crippen molar-refractivity contribution in [2.45, 2.75) is 39.2 Å². The van der Waals surface area contributed by atoms with Gasteiger partial charge in [-0.1, -0.05) is 44.2 Å². The van der Waals surface area contributed by atoms with Gasteiger partial charge in [0.25, 0.3) is 11.6 Å². The fourth-order valence-corrected chi connectivity index (χ4v) is 3.21. The molecule has 0 spiro atoms. The Bertz CT molecular complexity index is 743. The lowest BCUT2D eigenvalue weighted by Crippen LogP contribution is -2.29. The lowest BCUT2D eigenvalue weighted by Gasteiger charge is -2.21. The molecule has 150 valence electrons. The Morgan fingerprint density at radius 3 is 2.25 bits per heavy atom. The molecule has 0 bridgehead atoms. The number of amides is 1. The number of nitro benzene ring substituents is 1. The van der Waals surface area contributed by atoms with Gasteiger partial charge in [0.05, 0.1) is 11.0 Å². The molecule has 2 rings (SSSR count). The van der Waals surface area contributed by atoms with Gasteiger partial charge in [0.15, 0.2) is 0 Å². The maximum absolute atomic E-state index is 12.7. The van der Waals surface area contributed by atoms with E-state index >= 15 is 0 Å². The van der Waals surface area contributed by atoms with Crippen LogP contribution in [-0.4, -0.2) is 35.4 Å². The van der Waals surface area contributed by atoms with Crippen molar-refractivity contribution in [1.29, 1.82) is 0 Å². The monoisotopic (exact) mass is 383 g/mol. The highest BCUT2D eigenvalue weighted by atomic mass is 16.6. The summed E-state index contributed by atoms with van der Waals surface area (Å²) in [7, 11) is 0. The molecule has 0 saturated carbocycles. The predicted molar refractivity (Wildman–Crippen MR) is 111 cm³/mol. The zero-order valence-corrected chi connectivity index (χ0v) is 16.6. The third-order valence-electron chi connectivity index (χ3n) is 4.96. The van der Waals surface area contributed by atoms with Crippen molar-refractivity contribution in [2.24, 2.45) is 0 Å². The highest BCUT2D eigenvalue weighted by Crippen LogP contribution is 2.21. The molecule has 28 heavy (non-hydrogen) atoms. The average molecular weight is 383 g/mol. The number of hydrogen-bond donors (Lipinski definition) is 1. The van der Waals surface area contributed by atoms with E-state index in [0.717, 1.165) is 44.5 Å². The Morgan fingerprint density at radius 1 is 1.04 bits per heavy atom. The number of nitrogens with one attached hydrogen (secondary N) is 1. The quantitative estimate of drug-likeness (QED) is 0.350. The summed E-state index contributed by atoms with van der Waals surface area (Å²) in [5, 5.41) is 13.9. The molecule has 0 fully saturated rings. The Hall–Kier alpha value is -2.73. The molecule has 0 aliphatic rings. The van der Waals surface area contributed by atoms with Crippen LogP contribution in [0.3, 0.4) is 0 Å². The van der Waals surface area contributed by atoms with Crippen molar-refractivity contribution >= 4 is 11.6 Å². The molecule has 6 heteroatoms. The van der Waals surface area contributed by atoms with Crippen molar-refractivity contribution < 1.29 is 9.72 Å². The molecule has 2 aromatic rings. The summed E-state index contributed by atoms with van der Waals surface area (Å²) in [6, 6.07) is 15.6. The lowest BCUT2D eigenvalue weighted by atomic mass is 10.00. The second-order valence-electron chi connectivity index (χ2n) is 6.76. The minimum Gasteiger partial charge on any atom is -0.345 e. The van der Waals surface area contributed by atoms with Crippen molar-refractivity contribution in [3.8, 4) is 0 Å². The summed E-state index contributed by atoms with van der Waals surface area (Å²) in [5.74, 6) is -0.215. The minimum absolute atomic E-state index is 0.0208. The zero-order valence-electron chi connectivity index (χ0n) is 16.6. The molecule has 0 aliphatic carbocycles. The van der Waals surface area contributed by atoms with Crippen LogP contribution in [0.2, 0.25) is 0 Å². The van der Waals surface area contributed by atoms with Gasteiger partial charge in [-0.25, -0.2) is 0 Å². The van der Waals surface area contributed by atoms with Crippen molar-refractivity contribution in [3.05, 3.63) is 75.8 Å². The summed E-state index contributed by atoms with van der Waals surface area (Å²) in [6.07, 6.45) is 2.94. The summed E-state index contributed by atoms with van der Waals surface area (Å²) in [6.45, 7) is 7.50. The van der Waals surface area contributed by atoms with E-state index in [1.165, 1.54) is 24.3 Å². The molecule has 0 aromatic heterocycles. The third kappa shape index (κ3) is 6.46. The minimum atomic E-state index is -0.468. The number of carbonyl (C=O) groups is 1. The molecule has 0 unspecified atom stereocenters. The molecule has 1 atom stereocenters. The smallest absolute Gasteiger partial charge is 0.269 e. The van der Waals surface area contributed by atoms with Gasteiger partial charge in [-0.2, -0.15) is 0 Å². The fraction of sp³-hybridized carbons (Fsp3) is 0.409. The van der Waals surface area contributed by atoms with E-state index in [-0.39, 0.29) is 17.6 Å². The van der Waals surface area contributed by atoms with Gasteiger partial charge >= 0.3 is 0 Å². The second-order valence-corrected chi connectivity index (χ2v) is 6.76. The van der Waals surface area contributed by atoms with E-state index in [4.69, 9.17) is 0 Å². The van der Waals surface area contributed by atoms with Crippen molar-refractivity contribution in [1.82, 2.24) is 10.2 Å². The number of hydrogen-bond acceptors (Lipinski definition) is 4. The first-order valence-electron chi connectivity index (χ1n) is 9.87. The summed E-state index contributed by atoms with van der Waals surface area (Å²) >= 11 is 0. The molecule has 1 amide bonds. The molecule has 6 nitrogen and oxygen atoms in total. The van der Waals surface area contributed by atoms with Crippen LogP contribution in [0.25, 0.3) is 0 Å². The average Bonchev–Trinajstić information content (AvgIpc) is 2.73. The van der Waals surface area contributed by atoms with E-state index < -0.39 is 4.92 Å². The predicted octanol–water partition coefficient (Wildman–Crippen LogP) is 4.58. The molecular formula is C22H29N3O3. The molecule has 0 saturated heterocycles. The number of nitrogens with zero attached hydrogens (tertiary/aromatic N) is 2. The largest absolute Gasteiger partial charge is 0.345 e. The highest BCUT2D eigenvalue weighted by Gasteiger charge is 2.16. The maximum atomic E-state index is 12.7. The molecule has 0 radical (unpaired) electrons. The van der Waals surface area contributed by atoms with Crippen LogP contribution in [0.1, 0.15) is 55.1 Å². The number of rotatable bonds is 11. The lowest BCUT2D eigenvalue weighted by molar-refractivity contribution is -0.384. The van der Waals surface area contributed by atoms with Gasteiger partial charge < -0.3 is 10.2 Å². The number of unbranched alkanes of at least 4 members (excludes halogenated alkanes) is 1. The van der Waals surface area contributed by atoms with E-state index in [9.17, 15) is 14.9 Å². The maximum Gasteiger partial charge on any atom is 0.269 e. The second kappa shape index (κ2) is 11.2. The first-order valence-corrected chi connectivity index (χ1v) is 9.87. The van der Waals surface area contributed by atoms with Crippen LogP contribution >= 0.6 is 0 Å². The Labute approximate surface area is 166 Å². The standard InChI is InChI=1S/C22H29N3O3/c1-3-24(4-2)17-9-8-12-21(18-10-6-5-7-11-18)23-22(26)19-13-15-20(16-14-19)25(27)28/h5-7,10-11,13-16,21H,3-4,8-9,12,17H2,1-2H3,(H,23,26)/t21-/m1/s1. The first kappa shape index (κ1) is 21.6. The molecule has 0 aliphatic heterocycles. The van der Waals surface area contributed by atoms with Crippen LogP contribution in [0.5, 0.6) is 0 Å². The van der Waals surface area contributed by atoms with Gasteiger partial charge in [0.1, 0.15) is 0 Å². The van der Waals surface area contributed by atoms with Gasteiger partial charge in [-0.3, -0.25) is 14.9 Å². The van der Waals surface area contributed by atoms with E-state index in [2.05, 4.69) is 24.1 Å². The number of carbonyl (C=O) groups excluding carboxylic acids is 1. The van der Waals surface area contributed by atoms with Gasteiger partial charge in [-0.15, -0.1) is 0 Å². The third-order valence-corrected chi connectivity index (χ3v) is 4.96. The summed E-state index contributed by atoms with van der Waals surface area (Å²) < 4.78 is 0. The fourth-order valence-electron chi connectivity index (χ4n) is 3.21. The van der Waals surface area contributed by atoms with Gasteiger partial charge in [0, 0.05) is 17.7 Å². The van der Waals surface area contributed by atoms with E-state index in [1.54, 1.807) is 0 Å². The van der Waals surface area contributed by atoms with Crippen LogP contribution in [-0.2, 0) is 0 Å². The van der Waals surface area contributed by atoms with Gasteiger partial charge in [0.2, 0.25) is 0 Å². The van der Waals surface area contributed by atoms with Crippen molar-refractivity contribution in [3.63, 3.8) is 0 Å². The first-order chi connectivity index (χ1) is 13.5. The normalized spacial score (nSPS) is 12.0. The molecule has 2 aromatic carbocycles. The summed E-state index contributed by atoms with van der Waals surface area (Å²) in [4.78, 5) is 25.4. The molecule has 1 N–H and O–H groups in total. The molecule has 0 heterocycles. The van der Waals surface area contributed by atoms with Crippen LogP contribution in [0.4, 0.5) is 5.69 Å².